The highest BCUT2D eigenvalue weighted by Gasteiger charge is 2.27. The molecule has 1 aliphatic rings. The Morgan fingerprint density at radius 2 is 2.22 bits per heavy atom. The minimum Gasteiger partial charge on any atom is -0.466 e. The van der Waals surface area contributed by atoms with E-state index in [0.29, 0.717) is 19.7 Å². The Balaban J connectivity index is 1.91. The van der Waals surface area contributed by atoms with Gasteiger partial charge >= 0.3 is 5.97 Å². The van der Waals surface area contributed by atoms with E-state index < -0.39 is 6.10 Å². The fourth-order valence-electron chi connectivity index (χ4n) is 2.98. The minimum absolute atomic E-state index is 0.0703. The van der Waals surface area contributed by atoms with Crippen molar-refractivity contribution in [2.45, 2.75) is 25.9 Å². The molecule has 1 saturated heterocycles. The maximum Gasteiger partial charge on any atom is 0.310 e. The van der Waals surface area contributed by atoms with Gasteiger partial charge in [-0.2, -0.15) is 0 Å². The first kappa shape index (κ1) is 17.6. The molecule has 0 aliphatic carbocycles. The number of esters is 1. The van der Waals surface area contributed by atoms with E-state index in [0.717, 1.165) is 30.5 Å². The summed E-state index contributed by atoms with van der Waals surface area (Å²) in [6.07, 6.45) is 3.06. The number of hydrogen-bond acceptors (Lipinski definition) is 5. The van der Waals surface area contributed by atoms with Crippen LogP contribution in [0.25, 0.3) is 0 Å². The molecule has 0 spiro atoms. The molecule has 0 aromatic heterocycles. The van der Waals surface area contributed by atoms with Gasteiger partial charge in [-0.05, 0) is 37.4 Å². The van der Waals surface area contributed by atoms with Gasteiger partial charge in [0.15, 0.2) is 0 Å². The van der Waals surface area contributed by atoms with Gasteiger partial charge in [-0.3, -0.25) is 14.7 Å². The smallest absolute Gasteiger partial charge is 0.310 e. The van der Waals surface area contributed by atoms with Crippen LogP contribution in [0.5, 0.6) is 0 Å². The van der Waals surface area contributed by atoms with Gasteiger partial charge in [0.25, 0.3) is 0 Å². The van der Waals surface area contributed by atoms with E-state index in [4.69, 9.17) is 4.74 Å². The maximum absolute atomic E-state index is 11.9. The number of benzene rings is 1. The van der Waals surface area contributed by atoms with E-state index in [1.54, 1.807) is 13.3 Å². The molecule has 1 aliphatic heterocycles. The molecule has 0 radical (unpaired) electrons. The van der Waals surface area contributed by atoms with Gasteiger partial charge in [-0.25, -0.2) is 0 Å². The lowest BCUT2D eigenvalue weighted by molar-refractivity contribution is -0.150. The van der Waals surface area contributed by atoms with Crippen LogP contribution in [0.15, 0.2) is 29.3 Å². The first-order valence-electron chi connectivity index (χ1n) is 8.23. The fourth-order valence-corrected chi connectivity index (χ4v) is 2.98. The summed E-state index contributed by atoms with van der Waals surface area (Å²) in [4.78, 5) is 18.0. The summed E-state index contributed by atoms with van der Waals surface area (Å²) in [5.74, 6) is -0.186. The molecule has 2 unspecified atom stereocenters. The van der Waals surface area contributed by atoms with Crippen molar-refractivity contribution in [2.24, 2.45) is 10.9 Å². The van der Waals surface area contributed by atoms with Crippen molar-refractivity contribution < 1.29 is 14.6 Å². The van der Waals surface area contributed by atoms with Crippen molar-refractivity contribution in [3.63, 3.8) is 0 Å². The number of carbonyl (C=O) groups is 1. The largest absolute Gasteiger partial charge is 0.466 e. The van der Waals surface area contributed by atoms with Crippen LogP contribution >= 0.6 is 0 Å². The average molecular weight is 318 g/mol. The highest BCUT2D eigenvalue weighted by molar-refractivity contribution is 5.79. The van der Waals surface area contributed by atoms with Crippen molar-refractivity contribution >= 4 is 12.2 Å². The summed E-state index contributed by atoms with van der Waals surface area (Å²) < 4.78 is 5.11. The quantitative estimate of drug-likeness (QED) is 0.644. The summed E-state index contributed by atoms with van der Waals surface area (Å²) in [6.45, 7) is 4.36. The Morgan fingerprint density at radius 3 is 2.87 bits per heavy atom. The van der Waals surface area contributed by atoms with E-state index >= 15 is 0 Å². The van der Waals surface area contributed by atoms with Gasteiger partial charge in [0.05, 0.1) is 18.6 Å². The Bertz CT molecular complexity index is 528. The molecule has 1 aromatic carbocycles. The summed E-state index contributed by atoms with van der Waals surface area (Å²) >= 11 is 0. The standard InChI is InChI=1S/C18H26N2O3/c1-3-23-18(22)16-5-4-10-20(12-16)13-17(21)15-8-6-14(7-9-15)11-19-2/h6-9,11,16-17,21H,3-5,10,12-13H2,1-2H3. The number of nitrogens with zero attached hydrogens (tertiary/aromatic N) is 2. The lowest BCUT2D eigenvalue weighted by Gasteiger charge is -2.32. The number of carbonyl (C=O) groups excluding carboxylic acids is 1. The molecule has 1 fully saturated rings. The van der Waals surface area contributed by atoms with Crippen LogP contribution in [0, 0.1) is 5.92 Å². The van der Waals surface area contributed by atoms with Gasteiger partial charge in [0.1, 0.15) is 0 Å². The Morgan fingerprint density at radius 1 is 1.48 bits per heavy atom. The third-order valence-electron chi connectivity index (χ3n) is 4.16. The number of aliphatic hydroxyl groups is 1. The summed E-state index contributed by atoms with van der Waals surface area (Å²) in [6, 6.07) is 7.75. The molecular weight excluding hydrogens is 292 g/mol. The van der Waals surface area contributed by atoms with E-state index in [2.05, 4.69) is 9.89 Å². The summed E-state index contributed by atoms with van der Waals surface area (Å²) in [7, 11) is 1.74. The van der Waals surface area contributed by atoms with Crippen LogP contribution in [-0.4, -0.2) is 55.5 Å². The fraction of sp³-hybridized carbons (Fsp3) is 0.556. The normalized spacial score (nSPS) is 20.6. The molecule has 126 valence electrons. The SMILES string of the molecule is CCOC(=O)C1CCCN(CC(O)c2ccc(C=NC)cc2)C1. The topological polar surface area (TPSA) is 62.1 Å². The maximum atomic E-state index is 11.9. The van der Waals surface area contributed by atoms with Crippen LogP contribution in [0.3, 0.4) is 0 Å². The van der Waals surface area contributed by atoms with Gasteiger partial charge < -0.3 is 9.84 Å². The average Bonchev–Trinajstić information content (AvgIpc) is 2.56. The number of aliphatic imine (C=N–C) groups is 1. The minimum atomic E-state index is -0.552. The van der Waals surface area contributed by atoms with Gasteiger partial charge in [0.2, 0.25) is 0 Å². The van der Waals surface area contributed by atoms with E-state index in [9.17, 15) is 9.90 Å². The summed E-state index contributed by atoms with van der Waals surface area (Å²) in [5, 5.41) is 10.4. The third-order valence-corrected chi connectivity index (χ3v) is 4.16. The highest BCUT2D eigenvalue weighted by Crippen LogP contribution is 2.21. The highest BCUT2D eigenvalue weighted by atomic mass is 16.5. The third kappa shape index (κ3) is 5.15. The lowest BCUT2D eigenvalue weighted by atomic mass is 9.97. The van der Waals surface area contributed by atoms with Crippen LogP contribution in [0.4, 0.5) is 0 Å². The Kier molecular flexibility index (Phi) is 6.74. The van der Waals surface area contributed by atoms with Gasteiger partial charge in [0, 0.05) is 26.4 Å². The predicted molar refractivity (Wildman–Crippen MR) is 90.7 cm³/mol. The Hall–Kier alpha value is -1.72. The second kappa shape index (κ2) is 8.79. The number of hydrogen-bond donors (Lipinski definition) is 1. The molecule has 5 heteroatoms. The van der Waals surface area contributed by atoms with Crippen molar-refractivity contribution in [1.82, 2.24) is 4.90 Å². The zero-order chi connectivity index (χ0) is 16.7. The lowest BCUT2D eigenvalue weighted by Crippen LogP contribution is -2.41. The molecule has 5 nitrogen and oxygen atoms in total. The number of likely N-dealkylation sites (tertiary alicyclic amines) is 1. The number of β-amino-alcohol motifs (C(OH)–C–C–N with tert-alkyl or cyclic N) is 1. The molecule has 2 atom stereocenters. The van der Waals surface area contributed by atoms with Gasteiger partial charge in [-0.1, -0.05) is 24.3 Å². The molecule has 0 amide bonds. The van der Waals surface area contributed by atoms with Crippen LogP contribution < -0.4 is 0 Å². The van der Waals surface area contributed by atoms with Crippen molar-refractivity contribution in [3.05, 3.63) is 35.4 Å². The van der Waals surface area contributed by atoms with E-state index in [1.165, 1.54) is 0 Å². The zero-order valence-corrected chi connectivity index (χ0v) is 13.9. The first-order chi connectivity index (χ1) is 11.1. The molecule has 0 saturated carbocycles. The number of rotatable bonds is 6. The van der Waals surface area contributed by atoms with Crippen molar-refractivity contribution in [3.8, 4) is 0 Å². The number of piperidine rings is 1. The Labute approximate surface area is 138 Å². The monoisotopic (exact) mass is 318 g/mol. The van der Waals surface area contributed by atoms with E-state index in [1.807, 2.05) is 31.2 Å². The van der Waals surface area contributed by atoms with E-state index in [-0.39, 0.29) is 11.9 Å². The first-order valence-corrected chi connectivity index (χ1v) is 8.23. The van der Waals surface area contributed by atoms with Gasteiger partial charge in [-0.15, -0.1) is 0 Å². The zero-order valence-electron chi connectivity index (χ0n) is 13.9. The molecule has 23 heavy (non-hydrogen) atoms. The number of aliphatic hydroxyl groups excluding tert-OH is 1. The van der Waals surface area contributed by atoms with Crippen molar-refractivity contribution in [1.29, 1.82) is 0 Å². The van der Waals surface area contributed by atoms with Crippen LogP contribution in [0.2, 0.25) is 0 Å². The molecule has 0 bridgehead atoms. The second-order valence-corrected chi connectivity index (χ2v) is 5.92. The molecule has 2 rings (SSSR count). The predicted octanol–water partition coefficient (Wildman–Crippen LogP) is 2.04. The van der Waals surface area contributed by atoms with Crippen LogP contribution in [0.1, 0.15) is 37.0 Å². The summed E-state index contributed by atoms with van der Waals surface area (Å²) in [5.41, 5.74) is 1.90. The van der Waals surface area contributed by atoms with Crippen LogP contribution in [-0.2, 0) is 9.53 Å². The molecule has 1 aromatic rings. The molecular formula is C18H26N2O3. The van der Waals surface area contributed by atoms with Crippen molar-refractivity contribution in [2.75, 3.05) is 33.3 Å². The molecule has 1 N–H and O–H groups in total. The molecule has 1 heterocycles. The second-order valence-electron chi connectivity index (χ2n) is 5.92. The number of ether oxygens (including phenoxy) is 1.